The molecular weight excluding hydrogens is 158 g/mol. The summed E-state index contributed by atoms with van der Waals surface area (Å²) in [5, 5.41) is 0. The van der Waals surface area contributed by atoms with Crippen molar-refractivity contribution < 1.29 is 0 Å². The number of allylic oxidation sites excluding steroid dienone is 3. The molecule has 0 aliphatic heterocycles. The molecule has 1 nitrogen and oxygen atoms in total. The van der Waals surface area contributed by atoms with E-state index in [0.717, 1.165) is 24.1 Å². The van der Waals surface area contributed by atoms with Gasteiger partial charge in [-0.2, -0.15) is 0 Å². The summed E-state index contributed by atoms with van der Waals surface area (Å²) in [4.78, 5) is 0. The van der Waals surface area contributed by atoms with Gasteiger partial charge in [0.2, 0.25) is 0 Å². The zero-order valence-electron chi connectivity index (χ0n) is 7.87. The zero-order valence-corrected chi connectivity index (χ0v) is 7.87. The van der Waals surface area contributed by atoms with Gasteiger partial charge >= 0.3 is 0 Å². The lowest BCUT2D eigenvalue weighted by Crippen LogP contribution is -1.95. The van der Waals surface area contributed by atoms with Crippen molar-refractivity contribution in [2.24, 2.45) is 0 Å². The molecule has 0 unspecified atom stereocenters. The van der Waals surface area contributed by atoms with Crippen molar-refractivity contribution in [3.63, 3.8) is 0 Å². The highest BCUT2D eigenvalue weighted by Gasteiger charge is 1.96. The number of hydrogen-bond donors (Lipinski definition) is 0. The molecule has 0 saturated carbocycles. The normalized spacial score (nSPS) is 9.54. The number of hydrogen-bond acceptors (Lipinski definition) is 0. The third-order valence-electron chi connectivity index (χ3n) is 2.04. The van der Waals surface area contributed by atoms with Gasteiger partial charge < -0.3 is 4.57 Å². The predicted molar refractivity (Wildman–Crippen MR) is 57.5 cm³/mol. The topological polar surface area (TPSA) is 4.93 Å². The van der Waals surface area contributed by atoms with Gasteiger partial charge in [0.15, 0.2) is 0 Å². The number of aromatic nitrogens is 1. The standard InChI is InChI=1S/C12H15N/c1-4-11(2)12(3)7-10-13-8-5-6-9-13/h4-6,8-9H,1-3,7,10H2. The van der Waals surface area contributed by atoms with E-state index in [1.165, 1.54) is 0 Å². The molecule has 0 spiro atoms. The van der Waals surface area contributed by atoms with Gasteiger partial charge in [-0.15, -0.1) is 0 Å². The molecule has 0 N–H and O–H groups in total. The summed E-state index contributed by atoms with van der Waals surface area (Å²) in [6, 6.07) is 4.04. The second-order valence-electron chi connectivity index (χ2n) is 3.00. The Hall–Kier alpha value is -1.50. The van der Waals surface area contributed by atoms with E-state index in [4.69, 9.17) is 0 Å². The molecule has 13 heavy (non-hydrogen) atoms. The molecule has 68 valence electrons. The van der Waals surface area contributed by atoms with Crippen molar-refractivity contribution in [2.75, 3.05) is 0 Å². The van der Waals surface area contributed by atoms with E-state index in [2.05, 4.69) is 24.3 Å². The van der Waals surface area contributed by atoms with Crippen LogP contribution in [0.15, 0.2) is 61.5 Å². The molecule has 0 amide bonds. The Kier molecular flexibility index (Phi) is 3.32. The molecule has 0 aliphatic carbocycles. The molecule has 0 aromatic carbocycles. The average molecular weight is 173 g/mol. The third kappa shape index (κ3) is 2.79. The van der Waals surface area contributed by atoms with E-state index >= 15 is 0 Å². The predicted octanol–water partition coefficient (Wildman–Crippen LogP) is 3.18. The summed E-state index contributed by atoms with van der Waals surface area (Å²) < 4.78 is 2.13. The van der Waals surface area contributed by atoms with E-state index in [1.807, 2.05) is 24.5 Å². The maximum Gasteiger partial charge on any atom is 0.0260 e. The Morgan fingerprint density at radius 1 is 1.23 bits per heavy atom. The highest BCUT2D eigenvalue weighted by molar-refractivity contribution is 5.33. The summed E-state index contributed by atoms with van der Waals surface area (Å²) >= 11 is 0. The van der Waals surface area contributed by atoms with Crippen molar-refractivity contribution in [1.29, 1.82) is 0 Å². The summed E-state index contributed by atoms with van der Waals surface area (Å²) in [7, 11) is 0. The second kappa shape index (κ2) is 4.51. The largest absolute Gasteiger partial charge is 0.354 e. The first-order chi connectivity index (χ1) is 6.24. The minimum absolute atomic E-state index is 0.930. The first kappa shape index (κ1) is 9.59. The van der Waals surface area contributed by atoms with Crippen molar-refractivity contribution in [3.05, 3.63) is 61.5 Å². The highest BCUT2D eigenvalue weighted by atomic mass is 14.9. The van der Waals surface area contributed by atoms with Gasteiger partial charge in [-0.3, -0.25) is 0 Å². The molecule has 1 rings (SSSR count). The van der Waals surface area contributed by atoms with Crippen LogP contribution in [0.3, 0.4) is 0 Å². The molecule has 0 fully saturated rings. The van der Waals surface area contributed by atoms with Crippen LogP contribution >= 0.6 is 0 Å². The lowest BCUT2D eigenvalue weighted by atomic mass is 10.1. The fraction of sp³-hybridized carbons (Fsp3) is 0.167. The van der Waals surface area contributed by atoms with E-state index in [9.17, 15) is 0 Å². The first-order valence-electron chi connectivity index (χ1n) is 4.34. The van der Waals surface area contributed by atoms with E-state index < -0.39 is 0 Å². The van der Waals surface area contributed by atoms with Crippen LogP contribution in [0.1, 0.15) is 6.42 Å². The number of aryl methyl sites for hydroxylation is 1. The molecule has 1 aromatic heterocycles. The van der Waals surface area contributed by atoms with Crippen molar-refractivity contribution in [1.82, 2.24) is 4.57 Å². The van der Waals surface area contributed by atoms with Crippen LogP contribution in [-0.4, -0.2) is 4.57 Å². The van der Waals surface area contributed by atoms with Gasteiger partial charge in [0.25, 0.3) is 0 Å². The van der Waals surface area contributed by atoms with Gasteiger partial charge in [-0.05, 0) is 29.7 Å². The monoisotopic (exact) mass is 173 g/mol. The molecule has 0 aliphatic rings. The Bertz CT molecular complexity index is 304. The summed E-state index contributed by atoms with van der Waals surface area (Å²) in [6.07, 6.45) is 6.77. The Labute approximate surface area is 79.7 Å². The molecule has 0 bridgehead atoms. The Morgan fingerprint density at radius 2 is 1.85 bits per heavy atom. The molecule has 0 atom stereocenters. The number of rotatable bonds is 5. The minimum atomic E-state index is 0.930. The van der Waals surface area contributed by atoms with Crippen molar-refractivity contribution in [2.45, 2.75) is 13.0 Å². The quantitative estimate of drug-likeness (QED) is 0.603. The summed E-state index contributed by atoms with van der Waals surface area (Å²) in [5.41, 5.74) is 2.00. The van der Waals surface area contributed by atoms with Gasteiger partial charge in [0.05, 0.1) is 0 Å². The van der Waals surface area contributed by atoms with Crippen LogP contribution in [0.2, 0.25) is 0 Å². The van der Waals surface area contributed by atoms with Crippen LogP contribution in [-0.2, 0) is 6.54 Å². The van der Waals surface area contributed by atoms with Crippen LogP contribution in [0.5, 0.6) is 0 Å². The van der Waals surface area contributed by atoms with Crippen molar-refractivity contribution in [3.8, 4) is 0 Å². The van der Waals surface area contributed by atoms with Gasteiger partial charge in [0, 0.05) is 18.9 Å². The fourth-order valence-electron chi connectivity index (χ4n) is 1.09. The summed E-state index contributed by atoms with van der Waals surface area (Å²) in [6.45, 7) is 12.4. The molecule has 0 saturated heterocycles. The zero-order chi connectivity index (χ0) is 9.68. The van der Waals surface area contributed by atoms with Crippen LogP contribution < -0.4 is 0 Å². The minimum Gasteiger partial charge on any atom is -0.354 e. The smallest absolute Gasteiger partial charge is 0.0260 e. The van der Waals surface area contributed by atoms with Crippen LogP contribution in [0, 0.1) is 0 Å². The van der Waals surface area contributed by atoms with Crippen LogP contribution in [0.25, 0.3) is 0 Å². The maximum atomic E-state index is 3.94. The van der Waals surface area contributed by atoms with Crippen LogP contribution in [0.4, 0.5) is 0 Å². The molecule has 1 heteroatoms. The van der Waals surface area contributed by atoms with Gasteiger partial charge in [-0.1, -0.05) is 25.8 Å². The lowest BCUT2D eigenvalue weighted by molar-refractivity contribution is 0.702. The molecule has 1 heterocycles. The van der Waals surface area contributed by atoms with E-state index in [0.29, 0.717) is 0 Å². The Balaban J connectivity index is 2.39. The van der Waals surface area contributed by atoms with E-state index in [-0.39, 0.29) is 0 Å². The molecular formula is C12H15N. The van der Waals surface area contributed by atoms with Crippen molar-refractivity contribution >= 4 is 0 Å². The SMILES string of the molecule is C=CC(=C)C(=C)CCn1cccc1. The van der Waals surface area contributed by atoms with Gasteiger partial charge in [-0.25, -0.2) is 0 Å². The summed E-state index contributed by atoms with van der Waals surface area (Å²) in [5.74, 6) is 0. The third-order valence-corrected chi connectivity index (χ3v) is 2.04. The first-order valence-corrected chi connectivity index (χ1v) is 4.34. The fourth-order valence-corrected chi connectivity index (χ4v) is 1.09. The Morgan fingerprint density at radius 3 is 2.38 bits per heavy atom. The average Bonchev–Trinajstić information content (AvgIpc) is 2.65. The van der Waals surface area contributed by atoms with Gasteiger partial charge in [0.1, 0.15) is 0 Å². The highest BCUT2D eigenvalue weighted by Crippen LogP contribution is 2.11. The molecule has 0 radical (unpaired) electrons. The molecule has 1 aromatic rings. The van der Waals surface area contributed by atoms with E-state index in [1.54, 1.807) is 6.08 Å². The lowest BCUT2D eigenvalue weighted by Gasteiger charge is -2.05. The second-order valence-corrected chi connectivity index (χ2v) is 3.00. The maximum absolute atomic E-state index is 3.94. The number of nitrogens with zero attached hydrogens (tertiary/aromatic N) is 1.